The van der Waals surface area contributed by atoms with Crippen molar-refractivity contribution in [3.63, 3.8) is 0 Å². The zero-order valence-electron chi connectivity index (χ0n) is 21.2. The quantitative estimate of drug-likeness (QED) is 0.421. The molecule has 6 heteroatoms. The van der Waals surface area contributed by atoms with Crippen LogP contribution in [-0.2, 0) is 19.4 Å². The zero-order valence-corrected chi connectivity index (χ0v) is 21.2. The highest BCUT2D eigenvalue weighted by molar-refractivity contribution is 5.76. The Morgan fingerprint density at radius 3 is 1.86 bits per heavy atom. The predicted molar refractivity (Wildman–Crippen MR) is 146 cm³/mol. The van der Waals surface area contributed by atoms with E-state index in [1.807, 2.05) is 89.8 Å². The standard InChI is InChI=1S/C31H37N3O3/c32-25-15-9-14-24(18-25)21-33-27(19-22-10-3-1-4-11-22)29(35)30(36)28(20-23-12-5-2-6-13-23)34(31(33)37)26-16-7-8-17-26/h1-6,9-15,18,26-30,35-36H,7-8,16-17,19-21,32H2/t27-,28-,29+,30+/m1/s1. The molecule has 37 heavy (non-hydrogen) atoms. The monoisotopic (exact) mass is 499 g/mol. The van der Waals surface area contributed by atoms with Crippen LogP contribution in [0.3, 0.4) is 0 Å². The Kier molecular flexibility index (Phi) is 7.77. The van der Waals surface area contributed by atoms with Gasteiger partial charge in [-0.05, 0) is 54.5 Å². The van der Waals surface area contributed by atoms with Gasteiger partial charge in [0.15, 0.2) is 0 Å². The number of nitrogens with zero attached hydrogens (tertiary/aromatic N) is 2. The van der Waals surface area contributed by atoms with Crippen LogP contribution in [0.5, 0.6) is 0 Å². The average molecular weight is 500 g/mol. The number of nitrogen functional groups attached to an aromatic ring is 1. The lowest BCUT2D eigenvalue weighted by Gasteiger charge is -2.39. The summed E-state index contributed by atoms with van der Waals surface area (Å²) in [4.78, 5) is 18.2. The van der Waals surface area contributed by atoms with Crippen molar-refractivity contribution in [3.05, 3.63) is 102 Å². The number of carbonyl (C=O) groups is 1. The summed E-state index contributed by atoms with van der Waals surface area (Å²) in [5.74, 6) is 0. The Morgan fingerprint density at radius 2 is 1.27 bits per heavy atom. The Labute approximate surface area is 219 Å². The first-order valence-electron chi connectivity index (χ1n) is 13.4. The molecule has 194 valence electrons. The topological polar surface area (TPSA) is 90.0 Å². The third kappa shape index (κ3) is 5.65. The number of urea groups is 1. The van der Waals surface area contributed by atoms with E-state index in [-0.39, 0.29) is 12.1 Å². The number of aliphatic hydroxyl groups excluding tert-OH is 2. The van der Waals surface area contributed by atoms with Gasteiger partial charge in [0, 0.05) is 18.3 Å². The fourth-order valence-corrected chi connectivity index (χ4v) is 6.08. The van der Waals surface area contributed by atoms with E-state index in [0.717, 1.165) is 42.4 Å². The lowest BCUT2D eigenvalue weighted by atomic mass is 9.90. The van der Waals surface area contributed by atoms with Crippen molar-refractivity contribution in [2.45, 2.75) is 75.4 Å². The minimum absolute atomic E-state index is 0.0434. The summed E-state index contributed by atoms with van der Waals surface area (Å²) in [6.07, 6.45) is 2.70. The molecule has 0 unspecified atom stereocenters. The summed E-state index contributed by atoms with van der Waals surface area (Å²) >= 11 is 0. The van der Waals surface area contributed by atoms with Crippen molar-refractivity contribution in [1.29, 1.82) is 0 Å². The van der Waals surface area contributed by atoms with E-state index in [4.69, 9.17) is 5.73 Å². The molecule has 1 saturated carbocycles. The first-order valence-corrected chi connectivity index (χ1v) is 13.4. The molecule has 2 amide bonds. The molecule has 0 bridgehead atoms. The Morgan fingerprint density at radius 1 is 0.730 bits per heavy atom. The molecule has 1 aliphatic heterocycles. The van der Waals surface area contributed by atoms with Gasteiger partial charge in [-0.3, -0.25) is 0 Å². The minimum atomic E-state index is -1.11. The Balaban J connectivity index is 1.57. The molecule has 1 aliphatic carbocycles. The van der Waals surface area contributed by atoms with Crippen molar-refractivity contribution in [1.82, 2.24) is 9.80 Å². The van der Waals surface area contributed by atoms with Gasteiger partial charge >= 0.3 is 6.03 Å². The van der Waals surface area contributed by atoms with Gasteiger partial charge in [-0.15, -0.1) is 0 Å². The van der Waals surface area contributed by atoms with Gasteiger partial charge in [0.1, 0.15) is 12.2 Å². The Hall–Kier alpha value is -3.35. The number of hydrogen-bond acceptors (Lipinski definition) is 4. The van der Waals surface area contributed by atoms with Crippen molar-refractivity contribution < 1.29 is 15.0 Å². The molecule has 1 heterocycles. The smallest absolute Gasteiger partial charge is 0.321 e. The van der Waals surface area contributed by atoms with E-state index in [0.29, 0.717) is 25.1 Å². The highest BCUT2D eigenvalue weighted by Crippen LogP contribution is 2.34. The van der Waals surface area contributed by atoms with Crippen LogP contribution in [-0.4, -0.2) is 56.4 Å². The number of rotatable bonds is 7. The van der Waals surface area contributed by atoms with E-state index >= 15 is 0 Å². The van der Waals surface area contributed by atoms with Crippen LogP contribution < -0.4 is 5.73 Å². The van der Waals surface area contributed by atoms with Crippen LogP contribution in [0.15, 0.2) is 84.9 Å². The largest absolute Gasteiger partial charge is 0.399 e. The molecule has 1 saturated heterocycles. The van der Waals surface area contributed by atoms with Crippen LogP contribution in [0.4, 0.5) is 10.5 Å². The second-order valence-electron chi connectivity index (χ2n) is 10.5. The van der Waals surface area contributed by atoms with Crippen LogP contribution in [0.1, 0.15) is 42.4 Å². The molecule has 0 aromatic heterocycles. The summed E-state index contributed by atoms with van der Waals surface area (Å²) in [5, 5.41) is 23.4. The van der Waals surface area contributed by atoms with E-state index in [1.54, 1.807) is 4.90 Å². The summed E-state index contributed by atoms with van der Waals surface area (Å²) in [6, 6.07) is 26.2. The first kappa shape index (κ1) is 25.3. The Bertz CT molecular complexity index is 1170. The van der Waals surface area contributed by atoms with E-state index < -0.39 is 24.3 Å². The van der Waals surface area contributed by atoms with Gasteiger partial charge in [-0.2, -0.15) is 0 Å². The second kappa shape index (κ2) is 11.4. The molecular formula is C31H37N3O3. The van der Waals surface area contributed by atoms with Gasteiger partial charge in [0.2, 0.25) is 0 Å². The fraction of sp³-hybridized carbons (Fsp3) is 0.387. The van der Waals surface area contributed by atoms with E-state index in [9.17, 15) is 15.0 Å². The molecule has 3 aromatic carbocycles. The number of hydrogen-bond donors (Lipinski definition) is 3. The van der Waals surface area contributed by atoms with Crippen LogP contribution >= 0.6 is 0 Å². The maximum absolute atomic E-state index is 14.5. The number of nitrogens with two attached hydrogens (primary N) is 1. The van der Waals surface area contributed by atoms with Gasteiger partial charge in [0.05, 0.1) is 12.1 Å². The molecule has 2 fully saturated rings. The highest BCUT2D eigenvalue weighted by Gasteiger charge is 2.48. The number of amides is 2. The summed E-state index contributed by atoms with van der Waals surface area (Å²) in [6.45, 7) is 0.312. The SMILES string of the molecule is Nc1cccc(CN2C(=O)N(C3CCCC3)[C@H](Cc3ccccc3)[C@H](O)[C@@H](O)[C@H]2Cc2ccccc2)c1. The molecule has 0 spiro atoms. The van der Waals surface area contributed by atoms with Crippen molar-refractivity contribution >= 4 is 11.7 Å². The van der Waals surface area contributed by atoms with Gasteiger partial charge in [-0.1, -0.05) is 85.6 Å². The maximum atomic E-state index is 14.5. The van der Waals surface area contributed by atoms with E-state index in [1.165, 1.54) is 0 Å². The number of anilines is 1. The summed E-state index contributed by atoms with van der Waals surface area (Å²) in [5.41, 5.74) is 9.66. The zero-order chi connectivity index (χ0) is 25.8. The molecule has 3 aromatic rings. The summed E-state index contributed by atoms with van der Waals surface area (Å²) < 4.78 is 0. The van der Waals surface area contributed by atoms with Gasteiger partial charge in [0.25, 0.3) is 0 Å². The molecule has 4 N–H and O–H groups in total. The molecular weight excluding hydrogens is 462 g/mol. The molecule has 5 rings (SSSR count). The van der Waals surface area contributed by atoms with Crippen molar-refractivity contribution in [2.75, 3.05) is 5.73 Å². The lowest BCUT2D eigenvalue weighted by Crippen LogP contribution is -2.54. The first-order chi connectivity index (χ1) is 18.0. The van der Waals surface area contributed by atoms with Crippen LogP contribution in [0, 0.1) is 0 Å². The van der Waals surface area contributed by atoms with Crippen LogP contribution in [0.2, 0.25) is 0 Å². The fourth-order valence-electron chi connectivity index (χ4n) is 6.08. The van der Waals surface area contributed by atoms with Crippen molar-refractivity contribution in [3.8, 4) is 0 Å². The second-order valence-corrected chi connectivity index (χ2v) is 10.5. The van der Waals surface area contributed by atoms with Gasteiger partial charge in [-0.25, -0.2) is 4.79 Å². The highest BCUT2D eigenvalue weighted by atomic mass is 16.3. The van der Waals surface area contributed by atoms with Crippen molar-refractivity contribution in [2.24, 2.45) is 0 Å². The van der Waals surface area contributed by atoms with E-state index in [2.05, 4.69) is 0 Å². The van der Waals surface area contributed by atoms with Crippen LogP contribution in [0.25, 0.3) is 0 Å². The summed E-state index contributed by atoms with van der Waals surface area (Å²) in [7, 11) is 0. The number of aliphatic hydroxyl groups is 2. The van der Waals surface area contributed by atoms with Gasteiger partial charge < -0.3 is 25.7 Å². The predicted octanol–water partition coefficient (Wildman–Crippen LogP) is 4.39. The minimum Gasteiger partial charge on any atom is -0.399 e. The molecule has 6 nitrogen and oxygen atoms in total. The molecule has 4 atom stereocenters. The number of benzene rings is 3. The lowest BCUT2D eigenvalue weighted by molar-refractivity contribution is -0.0435. The molecule has 0 radical (unpaired) electrons. The third-order valence-electron chi connectivity index (χ3n) is 7.96. The molecule has 2 aliphatic rings. The number of carbonyl (C=O) groups excluding carboxylic acids is 1. The maximum Gasteiger partial charge on any atom is 0.321 e. The normalized spacial score (nSPS) is 24.9. The average Bonchev–Trinajstić information content (AvgIpc) is 3.43. The third-order valence-corrected chi connectivity index (χ3v) is 7.96.